The summed E-state index contributed by atoms with van der Waals surface area (Å²) < 4.78 is 10.5. The Morgan fingerprint density at radius 2 is 2.04 bits per heavy atom. The standard InChI is InChI=1S/C17H21N3O4/c1-19(2)17(22)23-13-3-4-14-12(9-16(21)24-15(14)10-13)11-20-7-5-18-6-8-20/h3-4,9-10,18H,5-8,11H2,1-2H3. The van der Waals surface area contributed by atoms with E-state index in [0.717, 1.165) is 37.1 Å². The predicted molar refractivity (Wildman–Crippen MR) is 90.3 cm³/mol. The molecular weight excluding hydrogens is 310 g/mol. The van der Waals surface area contributed by atoms with E-state index in [9.17, 15) is 9.59 Å². The van der Waals surface area contributed by atoms with E-state index in [1.165, 1.54) is 11.0 Å². The molecule has 2 heterocycles. The van der Waals surface area contributed by atoms with Crippen LogP contribution >= 0.6 is 0 Å². The highest BCUT2D eigenvalue weighted by molar-refractivity contribution is 5.82. The number of hydrogen-bond acceptors (Lipinski definition) is 6. The Bertz CT molecular complexity index is 794. The van der Waals surface area contributed by atoms with Gasteiger partial charge < -0.3 is 19.4 Å². The van der Waals surface area contributed by atoms with E-state index in [2.05, 4.69) is 10.2 Å². The fourth-order valence-electron chi connectivity index (χ4n) is 2.71. The zero-order valence-corrected chi connectivity index (χ0v) is 13.9. The van der Waals surface area contributed by atoms with Crippen molar-refractivity contribution in [2.45, 2.75) is 6.54 Å². The number of nitrogens with one attached hydrogen (secondary N) is 1. The summed E-state index contributed by atoms with van der Waals surface area (Å²) in [6, 6.07) is 6.66. The van der Waals surface area contributed by atoms with E-state index in [-0.39, 0.29) is 0 Å². The van der Waals surface area contributed by atoms with Crippen molar-refractivity contribution in [1.82, 2.24) is 15.1 Å². The Balaban J connectivity index is 1.90. The van der Waals surface area contributed by atoms with Gasteiger partial charge in [0.1, 0.15) is 11.3 Å². The molecule has 1 saturated heterocycles. The Morgan fingerprint density at radius 3 is 2.75 bits per heavy atom. The molecule has 0 radical (unpaired) electrons. The van der Waals surface area contributed by atoms with E-state index >= 15 is 0 Å². The molecule has 0 spiro atoms. The van der Waals surface area contributed by atoms with E-state index in [1.807, 2.05) is 6.07 Å². The monoisotopic (exact) mass is 331 g/mol. The van der Waals surface area contributed by atoms with Gasteiger partial charge in [-0.1, -0.05) is 0 Å². The number of carbonyl (C=O) groups excluding carboxylic acids is 1. The summed E-state index contributed by atoms with van der Waals surface area (Å²) in [7, 11) is 3.21. The van der Waals surface area contributed by atoms with Crippen LogP contribution in [0, 0.1) is 0 Å². The normalized spacial score (nSPS) is 15.4. The lowest BCUT2D eigenvalue weighted by atomic mass is 10.1. The van der Waals surface area contributed by atoms with Gasteiger partial charge in [-0.15, -0.1) is 0 Å². The number of ether oxygens (including phenoxy) is 1. The predicted octanol–water partition coefficient (Wildman–Crippen LogP) is 1.26. The van der Waals surface area contributed by atoms with E-state index in [4.69, 9.17) is 9.15 Å². The molecule has 7 heteroatoms. The van der Waals surface area contributed by atoms with Gasteiger partial charge in [-0.3, -0.25) is 4.90 Å². The van der Waals surface area contributed by atoms with Crippen LogP contribution in [0.4, 0.5) is 4.79 Å². The molecule has 0 aliphatic carbocycles. The first-order valence-corrected chi connectivity index (χ1v) is 7.92. The third kappa shape index (κ3) is 3.74. The molecule has 0 atom stereocenters. The van der Waals surface area contributed by atoms with Crippen molar-refractivity contribution < 1.29 is 13.9 Å². The highest BCUT2D eigenvalue weighted by atomic mass is 16.6. The molecule has 1 amide bonds. The number of rotatable bonds is 3. The second-order valence-electron chi connectivity index (χ2n) is 6.04. The molecule has 1 aliphatic heterocycles. The average Bonchev–Trinajstić information content (AvgIpc) is 2.55. The molecule has 0 saturated carbocycles. The van der Waals surface area contributed by atoms with E-state index < -0.39 is 11.7 Å². The van der Waals surface area contributed by atoms with Gasteiger partial charge in [0.25, 0.3) is 0 Å². The molecule has 24 heavy (non-hydrogen) atoms. The first kappa shape index (κ1) is 16.5. The van der Waals surface area contributed by atoms with Crippen LogP contribution in [0.3, 0.4) is 0 Å². The molecule has 128 valence electrons. The lowest BCUT2D eigenvalue weighted by Gasteiger charge is -2.27. The number of benzene rings is 1. The fourth-order valence-corrected chi connectivity index (χ4v) is 2.71. The summed E-state index contributed by atoms with van der Waals surface area (Å²) in [6.07, 6.45) is -0.478. The van der Waals surface area contributed by atoms with Crippen molar-refractivity contribution in [3.63, 3.8) is 0 Å². The molecule has 3 rings (SSSR count). The van der Waals surface area contributed by atoms with Gasteiger partial charge in [0.15, 0.2) is 0 Å². The summed E-state index contributed by atoms with van der Waals surface area (Å²) >= 11 is 0. The van der Waals surface area contributed by atoms with Gasteiger partial charge in [0.2, 0.25) is 0 Å². The van der Waals surface area contributed by atoms with Crippen LogP contribution in [0.15, 0.2) is 33.5 Å². The molecule has 1 fully saturated rings. The fraction of sp³-hybridized carbons (Fsp3) is 0.412. The number of fused-ring (bicyclic) bond motifs is 1. The average molecular weight is 331 g/mol. The number of carbonyl (C=O) groups is 1. The van der Waals surface area contributed by atoms with Crippen LogP contribution < -0.4 is 15.7 Å². The zero-order valence-electron chi connectivity index (χ0n) is 13.9. The second-order valence-corrected chi connectivity index (χ2v) is 6.04. The van der Waals surface area contributed by atoms with Crippen molar-refractivity contribution in [2.75, 3.05) is 40.3 Å². The number of hydrogen-bond donors (Lipinski definition) is 1. The smallest absolute Gasteiger partial charge is 0.414 e. The van der Waals surface area contributed by atoms with Gasteiger partial charge >= 0.3 is 11.7 Å². The zero-order chi connectivity index (χ0) is 17.1. The Morgan fingerprint density at radius 1 is 1.29 bits per heavy atom. The molecule has 1 aromatic heterocycles. The third-order valence-electron chi connectivity index (χ3n) is 3.98. The number of amides is 1. The minimum atomic E-state index is -0.478. The van der Waals surface area contributed by atoms with Crippen LogP contribution in [-0.2, 0) is 6.54 Å². The number of nitrogens with zero attached hydrogens (tertiary/aromatic N) is 2. The quantitative estimate of drug-likeness (QED) is 0.854. The largest absolute Gasteiger partial charge is 0.423 e. The molecule has 1 aliphatic rings. The van der Waals surface area contributed by atoms with Crippen LogP contribution in [0.5, 0.6) is 5.75 Å². The highest BCUT2D eigenvalue weighted by Crippen LogP contribution is 2.24. The third-order valence-corrected chi connectivity index (χ3v) is 3.98. The summed E-state index contributed by atoms with van der Waals surface area (Å²) in [5.74, 6) is 0.351. The summed E-state index contributed by atoms with van der Waals surface area (Å²) in [4.78, 5) is 27.1. The van der Waals surface area contributed by atoms with Crippen molar-refractivity contribution in [1.29, 1.82) is 0 Å². The molecule has 2 aromatic rings. The summed E-state index contributed by atoms with van der Waals surface area (Å²) in [6.45, 7) is 4.48. The first-order chi connectivity index (χ1) is 11.5. The Hall–Kier alpha value is -2.38. The lowest BCUT2D eigenvalue weighted by molar-refractivity contribution is 0.172. The maximum absolute atomic E-state index is 11.9. The van der Waals surface area contributed by atoms with Gasteiger partial charge in [-0.2, -0.15) is 0 Å². The highest BCUT2D eigenvalue weighted by Gasteiger charge is 2.14. The van der Waals surface area contributed by atoms with Crippen LogP contribution in [-0.4, -0.2) is 56.2 Å². The summed E-state index contributed by atoms with van der Waals surface area (Å²) in [5, 5.41) is 4.17. The van der Waals surface area contributed by atoms with E-state index in [1.54, 1.807) is 26.2 Å². The molecule has 1 aromatic carbocycles. The molecule has 0 bridgehead atoms. The van der Waals surface area contributed by atoms with Crippen molar-refractivity contribution in [2.24, 2.45) is 0 Å². The number of piperazine rings is 1. The Kier molecular flexibility index (Phi) is 4.82. The van der Waals surface area contributed by atoms with Crippen molar-refractivity contribution in [3.05, 3.63) is 40.2 Å². The maximum Gasteiger partial charge on any atom is 0.414 e. The van der Waals surface area contributed by atoms with Crippen molar-refractivity contribution in [3.8, 4) is 5.75 Å². The Labute approximate surface area is 139 Å². The van der Waals surface area contributed by atoms with Crippen LogP contribution in [0.25, 0.3) is 11.0 Å². The van der Waals surface area contributed by atoms with E-state index in [0.29, 0.717) is 17.9 Å². The molecule has 7 nitrogen and oxygen atoms in total. The van der Waals surface area contributed by atoms with Gasteiger partial charge in [-0.25, -0.2) is 9.59 Å². The molecular formula is C17H21N3O4. The van der Waals surface area contributed by atoms with Crippen LogP contribution in [0.2, 0.25) is 0 Å². The molecule has 0 unspecified atom stereocenters. The topological polar surface area (TPSA) is 75.0 Å². The first-order valence-electron chi connectivity index (χ1n) is 7.92. The van der Waals surface area contributed by atoms with Gasteiger partial charge in [-0.05, 0) is 17.7 Å². The van der Waals surface area contributed by atoms with Gasteiger partial charge in [0.05, 0.1) is 0 Å². The summed E-state index contributed by atoms with van der Waals surface area (Å²) in [5.41, 5.74) is 0.953. The van der Waals surface area contributed by atoms with Crippen molar-refractivity contribution >= 4 is 17.1 Å². The lowest BCUT2D eigenvalue weighted by Crippen LogP contribution is -2.43. The molecule has 1 N–H and O–H groups in total. The van der Waals surface area contributed by atoms with Gasteiger partial charge in [0, 0.05) is 64.3 Å². The second kappa shape index (κ2) is 7.02. The maximum atomic E-state index is 11.9. The minimum absolute atomic E-state index is 0.351. The van der Waals surface area contributed by atoms with Crippen LogP contribution in [0.1, 0.15) is 5.56 Å². The minimum Gasteiger partial charge on any atom is -0.423 e. The SMILES string of the molecule is CN(C)C(=O)Oc1ccc2c(CN3CCNCC3)cc(=O)oc2c1.